The minimum atomic E-state index is 0.121. The van der Waals surface area contributed by atoms with E-state index in [1.54, 1.807) is 0 Å². The van der Waals surface area contributed by atoms with E-state index in [1.807, 2.05) is 29.2 Å². The zero-order valence-electron chi connectivity index (χ0n) is 13.9. The first-order chi connectivity index (χ1) is 11.2. The van der Waals surface area contributed by atoms with Gasteiger partial charge in [-0.15, -0.1) is 0 Å². The number of nitrogens with one attached hydrogen (secondary N) is 1. The van der Waals surface area contributed by atoms with Crippen LogP contribution in [0, 0.1) is 5.92 Å². The second kappa shape index (κ2) is 10.1. The van der Waals surface area contributed by atoms with E-state index in [4.69, 9.17) is 4.74 Å². The maximum absolute atomic E-state index is 12.9. The fourth-order valence-electron chi connectivity index (χ4n) is 2.78. The average Bonchev–Trinajstić information content (AvgIpc) is 2.59. The molecule has 0 atom stereocenters. The van der Waals surface area contributed by atoms with Crippen molar-refractivity contribution in [2.75, 3.05) is 37.7 Å². The molecule has 0 radical (unpaired) electrons. The number of nitrogens with zero attached hydrogens (tertiary/aromatic N) is 1. The Hall–Kier alpha value is -0.910. The SMILES string of the molecule is CCCCOCCN(C(=O)C1CCNCC1)c1ccc(Br)cc1. The minimum absolute atomic E-state index is 0.121. The van der Waals surface area contributed by atoms with Gasteiger partial charge in [0.25, 0.3) is 0 Å². The van der Waals surface area contributed by atoms with E-state index in [9.17, 15) is 4.79 Å². The van der Waals surface area contributed by atoms with Crippen LogP contribution >= 0.6 is 15.9 Å². The number of hydrogen-bond donors (Lipinski definition) is 1. The average molecular weight is 383 g/mol. The number of amides is 1. The molecular formula is C18H27BrN2O2. The summed E-state index contributed by atoms with van der Waals surface area (Å²) in [5.74, 6) is 0.350. The molecule has 0 aromatic heterocycles. The van der Waals surface area contributed by atoms with Gasteiger partial charge < -0.3 is 15.0 Å². The molecule has 1 aromatic rings. The lowest BCUT2D eigenvalue weighted by molar-refractivity contribution is -0.123. The molecule has 0 bridgehead atoms. The lowest BCUT2D eigenvalue weighted by Gasteiger charge is -2.30. The van der Waals surface area contributed by atoms with Gasteiger partial charge in [-0.25, -0.2) is 0 Å². The van der Waals surface area contributed by atoms with Gasteiger partial charge in [-0.3, -0.25) is 4.79 Å². The van der Waals surface area contributed by atoms with Crippen molar-refractivity contribution in [1.82, 2.24) is 5.32 Å². The van der Waals surface area contributed by atoms with E-state index in [2.05, 4.69) is 28.2 Å². The number of carbonyl (C=O) groups is 1. The van der Waals surface area contributed by atoms with Crippen LogP contribution in [0.4, 0.5) is 5.69 Å². The molecule has 1 amide bonds. The molecule has 2 rings (SSSR count). The predicted molar refractivity (Wildman–Crippen MR) is 97.8 cm³/mol. The molecule has 5 heteroatoms. The predicted octanol–water partition coefficient (Wildman–Crippen LogP) is 3.60. The molecule has 1 saturated heterocycles. The summed E-state index contributed by atoms with van der Waals surface area (Å²) in [5.41, 5.74) is 0.954. The van der Waals surface area contributed by atoms with E-state index in [1.165, 1.54) is 0 Å². The number of halogens is 1. The molecule has 0 saturated carbocycles. The maximum atomic E-state index is 12.9. The molecule has 1 N–H and O–H groups in total. The first-order valence-electron chi connectivity index (χ1n) is 8.57. The molecule has 1 aromatic carbocycles. The van der Waals surface area contributed by atoms with Crippen LogP contribution in [-0.4, -0.2) is 38.8 Å². The van der Waals surface area contributed by atoms with Gasteiger partial charge in [0.1, 0.15) is 0 Å². The summed E-state index contributed by atoms with van der Waals surface area (Å²) in [6, 6.07) is 7.95. The Kier molecular flexibility index (Phi) is 8.06. The number of ether oxygens (including phenoxy) is 1. The Labute approximate surface area is 147 Å². The van der Waals surface area contributed by atoms with Crippen LogP contribution in [0.25, 0.3) is 0 Å². The van der Waals surface area contributed by atoms with E-state index in [0.717, 1.165) is 55.5 Å². The fraction of sp³-hybridized carbons (Fsp3) is 0.611. The second-order valence-corrected chi connectivity index (χ2v) is 6.87. The molecule has 23 heavy (non-hydrogen) atoms. The van der Waals surface area contributed by atoms with Crippen molar-refractivity contribution in [1.29, 1.82) is 0 Å². The third kappa shape index (κ3) is 5.90. The largest absolute Gasteiger partial charge is 0.380 e. The zero-order valence-corrected chi connectivity index (χ0v) is 15.5. The van der Waals surface area contributed by atoms with Crippen molar-refractivity contribution >= 4 is 27.5 Å². The van der Waals surface area contributed by atoms with E-state index in [-0.39, 0.29) is 11.8 Å². The lowest BCUT2D eigenvalue weighted by Crippen LogP contribution is -2.42. The highest BCUT2D eigenvalue weighted by Crippen LogP contribution is 2.23. The van der Waals surface area contributed by atoms with Crippen LogP contribution in [0.15, 0.2) is 28.7 Å². The van der Waals surface area contributed by atoms with Crippen molar-refractivity contribution < 1.29 is 9.53 Å². The summed E-state index contributed by atoms with van der Waals surface area (Å²) in [6.45, 7) is 5.99. The van der Waals surface area contributed by atoms with E-state index >= 15 is 0 Å². The van der Waals surface area contributed by atoms with Crippen LogP contribution in [0.3, 0.4) is 0 Å². The summed E-state index contributed by atoms with van der Waals surface area (Å²) in [5, 5.41) is 3.32. The van der Waals surface area contributed by atoms with Crippen LogP contribution < -0.4 is 10.2 Å². The summed E-state index contributed by atoms with van der Waals surface area (Å²) >= 11 is 3.45. The number of anilines is 1. The zero-order chi connectivity index (χ0) is 16.5. The van der Waals surface area contributed by atoms with Crippen molar-refractivity contribution in [2.45, 2.75) is 32.6 Å². The molecule has 0 aliphatic carbocycles. The van der Waals surface area contributed by atoms with Gasteiger partial charge in [0.05, 0.1) is 6.61 Å². The Morgan fingerprint density at radius 1 is 1.26 bits per heavy atom. The van der Waals surface area contributed by atoms with Crippen LogP contribution in [0.5, 0.6) is 0 Å². The summed E-state index contributed by atoms with van der Waals surface area (Å²) < 4.78 is 6.69. The van der Waals surface area contributed by atoms with Gasteiger partial charge in [-0.2, -0.15) is 0 Å². The Morgan fingerprint density at radius 3 is 2.61 bits per heavy atom. The van der Waals surface area contributed by atoms with E-state index in [0.29, 0.717) is 13.2 Å². The number of carbonyl (C=O) groups excluding carboxylic acids is 1. The third-order valence-electron chi connectivity index (χ3n) is 4.19. The van der Waals surface area contributed by atoms with Gasteiger partial charge >= 0.3 is 0 Å². The first-order valence-corrected chi connectivity index (χ1v) is 9.37. The van der Waals surface area contributed by atoms with Gasteiger partial charge in [0, 0.05) is 29.2 Å². The summed E-state index contributed by atoms with van der Waals surface area (Å²) in [7, 11) is 0. The highest BCUT2D eigenvalue weighted by molar-refractivity contribution is 9.10. The fourth-order valence-corrected chi connectivity index (χ4v) is 3.05. The number of benzene rings is 1. The van der Waals surface area contributed by atoms with Crippen molar-refractivity contribution in [3.8, 4) is 0 Å². The monoisotopic (exact) mass is 382 g/mol. The maximum Gasteiger partial charge on any atom is 0.230 e. The quantitative estimate of drug-likeness (QED) is 0.698. The number of hydrogen-bond acceptors (Lipinski definition) is 3. The molecule has 0 spiro atoms. The van der Waals surface area contributed by atoms with Crippen LogP contribution in [-0.2, 0) is 9.53 Å². The van der Waals surface area contributed by atoms with Gasteiger partial charge in [-0.1, -0.05) is 29.3 Å². The first kappa shape index (κ1) is 18.4. The van der Waals surface area contributed by atoms with Crippen molar-refractivity contribution in [3.63, 3.8) is 0 Å². The molecule has 4 nitrogen and oxygen atoms in total. The van der Waals surface area contributed by atoms with Gasteiger partial charge in [0.2, 0.25) is 5.91 Å². The smallest absolute Gasteiger partial charge is 0.230 e. The lowest BCUT2D eigenvalue weighted by atomic mass is 9.96. The molecule has 128 valence electrons. The topological polar surface area (TPSA) is 41.6 Å². The summed E-state index contributed by atoms with van der Waals surface area (Å²) in [6.07, 6.45) is 4.04. The number of unbranched alkanes of at least 4 members (excludes halogenated alkanes) is 1. The normalized spacial score (nSPS) is 15.6. The van der Waals surface area contributed by atoms with E-state index < -0.39 is 0 Å². The van der Waals surface area contributed by atoms with Crippen LogP contribution in [0.2, 0.25) is 0 Å². The highest BCUT2D eigenvalue weighted by Gasteiger charge is 2.26. The van der Waals surface area contributed by atoms with Gasteiger partial charge in [-0.05, 0) is 56.6 Å². The molecule has 1 fully saturated rings. The molecule has 1 aliphatic rings. The minimum Gasteiger partial charge on any atom is -0.380 e. The molecule has 0 unspecified atom stereocenters. The summed E-state index contributed by atoms with van der Waals surface area (Å²) in [4.78, 5) is 14.8. The number of piperidine rings is 1. The number of rotatable bonds is 8. The molecule has 1 aliphatic heterocycles. The Balaban J connectivity index is 2.00. The third-order valence-corrected chi connectivity index (χ3v) is 4.72. The Morgan fingerprint density at radius 2 is 1.96 bits per heavy atom. The molecule has 1 heterocycles. The Bertz CT molecular complexity index is 472. The van der Waals surface area contributed by atoms with Crippen molar-refractivity contribution in [2.24, 2.45) is 5.92 Å². The van der Waals surface area contributed by atoms with Crippen LogP contribution in [0.1, 0.15) is 32.6 Å². The highest BCUT2D eigenvalue weighted by atomic mass is 79.9. The standard InChI is InChI=1S/C18H27BrN2O2/c1-2-3-13-23-14-12-21(17-6-4-16(19)5-7-17)18(22)15-8-10-20-11-9-15/h4-7,15,20H,2-3,8-14H2,1H3. The van der Waals surface area contributed by atoms with Crippen molar-refractivity contribution in [3.05, 3.63) is 28.7 Å². The molecular weight excluding hydrogens is 356 g/mol. The van der Waals surface area contributed by atoms with Gasteiger partial charge in [0.15, 0.2) is 0 Å². The second-order valence-electron chi connectivity index (χ2n) is 5.96.